The Morgan fingerprint density at radius 1 is 1.25 bits per heavy atom. The minimum atomic E-state index is -0.393. The van der Waals surface area contributed by atoms with Crippen molar-refractivity contribution in [2.45, 2.75) is 11.9 Å². The molecule has 0 spiro atoms. The van der Waals surface area contributed by atoms with Crippen LogP contribution < -0.4 is 5.32 Å². The normalized spacial score (nSPS) is 10.6. The molecule has 3 aromatic rings. The summed E-state index contributed by atoms with van der Waals surface area (Å²) < 4.78 is 14.7. The molecule has 2 aromatic heterocycles. The number of benzene rings is 1. The van der Waals surface area contributed by atoms with Crippen molar-refractivity contribution in [2.75, 3.05) is 11.1 Å². The highest BCUT2D eigenvalue weighted by Gasteiger charge is 2.07. The summed E-state index contributed by atoms with van der Waals surface area (Å²) in [5.41, 5.74) is 1.38. The number of rotatable bonds is 5. The fraction of sp³-hybridized carbons (Fsp3) is 0.125. The zero-order valence-corrected chi connectivity index (χ0v) is 13.6. The molecule has 0 fully saturated rings. The Morgan fingerprint density at radius 3 is 2.79 bits per heavy atom. The lowest BCUT2D eigenvalue weighted by molar-refractivity contribution is -0.113. The number of halogens is 1. The van der Waals surface area contributed by atoms with Crippen LogP contribution >= 0.6 is 11.8 Å². The van der Waals surface area contributed by atoms with Crippen molar-refractivity contribution in [3.63, 3.8) is 0 Å². The van der Waals surface area contributed by atoms with Crippen LogP contribution in [-0.4, -0.2) is 31.6 Å². The summed E-state index contributed by atoms with van der Waals surface area (Å²) in [7, 11) is 0. The number of aromatic nitrogens is 4. The number of thioether (sulfide) groups is 1. The second-order valence-corrected chi connectivity index (χ2v) is 5.96. The highest BCUT2D eigenvalue weighted by Crippen LogP contribution is 2.16. The molecule has 1 aromatic carbocycles. The summed E-state index contributed by atoms with van der Waals surface area (Å²) in [4.78, 5) is 11.9. The Bertz CT molecular complexity index is 850. The standard InChI is InChI=1S/C16H14FN5OS/c1-11-7-8-18-22(11)14-5-6-16(21-20-14)24-10-15(23)19-13-4-2-3-12(17)9-13/h2-9H,10H2,1H3,(H,19,23). The summed E-state index contributed by atoms with van der Waals surface area (Å²) in [6, 6.07) is 11.2. The van der Waals surface area contributed by atoms with Gasteiger partial charge >= 0.3 is 0 Å². The van der Waals surface area contributed by atoms with E-state index >= 15 is 0 Å². The lowest BCUT2D eigenvalue weighted by Crippen LogP contribution is -2.14. The summed E-state index contributed by atoms with van der Waals surface area (Å²) >= 11 is 1.25. The van der Waals surface area contributed by atoms with Gasteiger partial charge in [0.1, 0.15) is 10.8 Å². The van der Waals surface area contributed by atoms with E-state index in [1.54, 1.807) is 35.1 Å². The highest BCUT2D eigenvalue weighted by atomic mass is 32.2. The van der Waals surface area contributed by atoms with Gasteiger partial charge in [-0.1, -0.05) is 17.8 Å². The minimum absolute atomic E-state index is 0.158. The Labute approximate surface area is 142 Å². The zero-order chi connectivity index (χ0) is 16.9. The number of aryl methyl sites for hydroxylation is 1. The fourth-order valence-corrected chi connectivity index (χ4v) is 2.63. The van der Waals surface area contributed by atoms with E-state index < -0.39 is 5.82 Å². The number of carbonyl (C=O) groups excluding carboxylic acids is 1. The van der Waals surface area contributed by atoms with Crippen molar-refractivity contribution < 1.29 is 9.18 Å². The van der Waals surface area contributed by atoms with E-state index in [1.807, 2.05) is 13.0 Å². The predicted octanol–water partition coefficient (Wildman–Crippen LogP) is 2.84. The van der Waals surface area contributed by atoms with E-state index in [-0.39, 0.29) is 11.7 Å². The summed E-state index contributed by atoms with van der Waals surface area (Å²) in [5.74, 6) is 0.145. The van der Waals surface area contributed by atoms with Gasteiger partial charge in [0.05, 0.1) is 5.75 Å². The summed E-state index contributed by atoms with van der Waals surface area (Å²) in [6.45, 7) is 1.92. The molecule has 1 N–H and O–H groups in total. The molecule has 2 heterocycles. The topological polar surface area (TPSA) is 72.7 Å². The van der Waals surface area contributed by atoms with Crippen molar-refractivity contribution >= 4 is 23.4 Å². The van der Waals surface area contributed by atoms with Crippen LogP contribution in [0.3, 0.4) is 0 Å². The molecule has 0 bridgehead atoms. The first-order valence-electron chi connectivity index (χ1n) is 7.15. The van der Waals surface area contributed by atoms with Gasteiger partial charge in [0, 0.05) is 17.6 Å². The molecule has 3 rings (SSSR count). The van der Waals surface area contributed by atoms with Crippen LogP contribution in [0, 0.1) is 12.7 Å². The third-order valence-corrected chi connectivity index (χ3v) is 4.05. The second kappa shape index (κ2) is 7.22. The van der Waals surface area contributed by atoms with Gasteiger partial charge in [-0.2, -0.15) is 5.10 Å². The second-order valence-electron chi connectivity index (χ2n) is 4.96. The molecular weight excluding hydrogens is 329 g/mol. The molecule has 0 saturated heterocycles. The average Bonchev–Trinajstić information content (AvgIpc) is 2.99. The largest absolute Gasteiger partial charge is 0.325 e. The highest BCUT2D eigenvalue weighted by molar-refractivity contribution is 7.99. The zero-order valence-electron chi connectivity index (χ0n) is 12.8. The van der Waals surface area contributed by atoms with E-state index in [9.17, 15) is 9.18 Å². The van der Waals surface area contributed by atoms with E-state index in [4.69, 9.17) is 0 Å². The van der Waals surface area contributed by atoms with Crippen LogP contribution in [0.15, 0.2) is 53.7 Å². The molecule has 0 atom stereocenters. The third kappa shape index (κ3) is 3.96. The number of hydrogen-bond donors (Lipinski definition) is 1. The summed E-state index contributed by atoms with van der Waals surface area (Å²) in [5, 5.41) is 15.6. The fourth-order valence-electron chi connectivity index (χ4n) is 2.02. The molecule has 1 amide bonds. The van der Waals surface area contributed by atoms with Gasteiger partial charge in [-0.15, -0.1) is 10.2 Å². The molecule has 0 aliphatic rings. The molecule has 0 unspecified atom stereocenters. The van der Waals surface area contributed by atoms with Gasteiger partial charge in [-0.05, 0) is 43.3 Å². The number of carbonyl (C=O) groups is 1. The Hall–Kier alpha value is -2.74. The Morgan fingerprint density at radius 2 is 2.12 bits per heavy atom. The number of anilines is 1. The molecule has 6 nitrogen and oxygen atoms in total. The average molecular weight is 343 g/mol. The SMILES string of the molecule is Cc1ccnn1-c1ccc(SCC(=O)Nc2cccc(F)c2)nn1. The predicted molar refractivity (Wildman–Crippen MR) is 89.6 cm³/mol. The van der Waals surface area contributed by atoms with Gasteiger partial charge in [0.15, 0.2) is 5.82 Å². The van der Waals surface area contributed by atoms with Crippen molar-refractivity contribution in [2.24, 2.45) is 0 Å². The quantitative estimate of drug-likeness (QED) is 0.721. The third-order valence-electron chi connectivity index (χ3n) is 3.13. The molecule has 0 radical (unpaired) electrons. The van der Waals surface area contributed by atoms with E-state index in [1.165, 1.54) is 23.9 Å². The van der Waals surface area contributed by atoms with Gasteiger partial charge in [-0.25, -0.2) is 9.07 Å². The van der Waals surface area contributed by atoms with Crippen LogP contribution in [0.5, 0.6) is 0 Å². The molecule has 24 heavy (non-hydrogen) atoms. The van der Waals surface area contributed by atoms with Crippen molar-refractivity contribution in [1.29, 1.82) is 0 Å². The molecular formula is C16H14FN5OS. The molecule has 0 aliphatic heterocycles. The first kappa shape index (κ1) is 16.1. The van der Waals surface area contributed by atoms with Crippen LogP contribution in [0.25, 0.3) is 5.82 Å². The van der Waals surface area contributed by atoms with Crippen LogP contribution in [0.4, 0.5) is 10.1 Å². The first-order chi connectivity index (χ1) is 11.6. The van der Waals surface area contributed by atoms with Crippen molar-refractivity contribution in [1.82, 2.24) is 20.0 Å². The van der Waals surface area contributed by atoms with E-state index in [0.717, 1.165) is 5.69 Å². The Balaban J connectivity index is 1.57. The van der Waals surface area contributed by atoms with Crippen LogP contribution in [0.1, 0.15) is 5.69 Å². The summed E-state index contributed by atoms with van der Waals surface area (Å²) in [6.07, 6.45) is 1.69. The lowest BCUT2D eigenvalue weighted by Gasteiger charge is -2.05. The van der Waals surface area contributed by atoms with E-state index in [2.05, 4.69) is 20.6 Å². The van der Waals surface area contributed by atoms with Crippen molar-refractivity contribution in [3.8, 4) is 5.82 Å². The van der Waals surface area contributed by atoms with Gasteiger partial charge in [0.25, 0.3) is 0 Å². The number of nitrogens with zero attached hydrogens (tertiary/aromatic N) is 4. The maximum Gasteiger partial charge on any atom is 0.234 e. The maximum absolute atomic E-state index is 13.1. The number of amides is 1. The Kier molecular flexibility index (Phi) is 4.85. The monoisotopic (exact) mass is 343 g/mol. The first-order valence-corrected chi connectivity index (χ1v) is 8.13. The lowest BCUT2D eigenvalue weighted by atomic mass is 10.3. The van der Waals surface area contributed by atoms with Gasteiger partial charge in [0.2, 0.25) is 5.91 Å². The number of nitrogens with one attached hydrogen (secondary N) is 1. The van der Waals surface area contributed by atoms with E-state index in [0.29, 0.717) is 16.5 Å². The van der Waals surface area contributed by atoms with Gasteiger partial charge < -0.3 is 5.32 Å². The van der Waals surface area contributed by atoms with Crippen molar-refractivity contribution in [3.05, 3.63) is 60.2 Å². The minimum Gasteiger partial charge on any atom is -0.325 e. The van der Waals surface area contributed by atoms with Gasteiger partial charge in [-0.3, -0.25) is 4.79 Å². The van der Waals surface area contributed by atoms with Crippen LogP contribution in [-0.2, 0) is 4.79 Å². The molecule has 0 saturated carbocycles. The maximum atomic E-state index is 13.1. The number of hydrogen-bond acceptors (Lipinski definition) is 5. The smallest absolute Gasteiger partial charge is 0.234 e. The molecule has 122 valence electrons. The molecule has 0 aliphatic carbocycles. The van der Waals surface area contributed by atoms with Crippen LogP contribution in [0.2, 0.25) is 0 Å². The molecule has 8 heteroatoms.